The van der Waals surface area contributed by atoms with Crippen LogP contribution in [0, 0.1) is 11.3 Å². The first-order valence-electron chi connectivity index (χ1n) is 7.24. The average Bonchev–Trinajstić information content (AvgIpc) is 2.38. The molecule has 0 aliphatic rings. The third-order valence-corrected chi connectivity index (χ3v) is 2.65. The number of carboxylic acid groups (broad SMARTS) is 1. The van der Waals surface area contributed by atoms with Crippen LogP contribution < -0.4 is 0 Å². The lowest BCUT2D eigenvalue weighted by Gasteiger charge is -2.30. The summed E-state index contributed by atoms with van der Waals surface area (Å²) in [6.45, 7) is 18.4. The lowest BCUT2D eigenvalue weighted by molar-refractivity contribution is -0.137. The second-order valence-corrected chi connectivity index (χ2v) is 6.03. The molecule has 0 aromatic heterocycles. The number of carbonyl (C=O) groups is 1. The van der Waals surface area contributed by atoms with Crippen LogP contribution in [0.1, 0.15) is 54.4 Å². The Labute approximate surface area is 130 Å². The maximum Gasteiger partial charge on any atom is 0.303 e. The molecule has 0 fully saturated rings. The van der Waals surface area contributed by atoms with Crippen molar-refractivity contribution in [1.29, 1.82) is 0 Å². The Hall–Kier alpha value is -1.13. The van der Waals surface area contributed by atoms with Gasteiger partial charge in [-0.2, -0.15) is 0 Å². The molecule has 0 heterocycles. The maximum absolute atomic E-state index is 9.60. The van der Waals surface area contributed by atoms with Crippen LogP contribution in [0.15, 0.2) is 24.8 Å². The minimum Gasteiger partial charge on any atom is -0.481 e. The topological polar surface area (TPSA) is 77.8 Å². The van der Waals surface area contributed by atoms with Gasteiger partial charge in [0.05, 0.1) is 12.7 Å². The summed E-state index contributed by atoms with van der Waals surface area (Å²) >= 11 is 0. The fourth-order valence-corrected chi connectivity index (χ4v) is 1.21. The van der Waals surface area contributed by atoms with Crippen molar-refractivity contribution in [3.05, 3.63) is 24.8 Å². The quantitative estimate of drug-likeness (QED) is 0.655. The zero-order chi connectivity index (χ0) is 17.6. The molecule has 0 saturated heterocycles. The number of hydrogen-bond acceptors (Lipinski definition) is 3. The van der Waals surface area contributed by atoms with Crippen LogP contribution in [0.5, 0.6) is 0 Å². The van der Waals surface area contributed by atoms with E-state index < -0.39 is 12.1 Å². The van der Waals surface area contributed by atoms with E-state index in [9.17, 15) is 9.90 Å². The summed E-state index contributed by atoms with van der Waals surface area (Å²) in [7, 11) is 0. The molecule has 0 aromatic rings. The Bertz CT molecular complexity index is 293. The summed E-state index contributed by atoms with van der Waals surface area (Å²) in [5, 5.41) is 26.3. The number of aliphatic hydroxyl groups is 2. The molecule has 1 atom stereocenters. The van der Waals surface area contributed by atoms with Crippen molar-refractivity contribution < 1.29 is 20.1 Å². The number of aliphatic carboxylic acids is 1. The highest BCUT2D eigenvalue weighted by Gasteiger charge is 2.28. The molecule has 21 heavy (non-hydrogen) atoms. The molecule has 0 aliphatic heterocycles. The number of aliphatic hydroxyl groups excluding tert-OH is 2. The van der Waals surface area contributed by atoms with Crippen LogP contribution in [-0.2, 0) is 4.79 Å². The summed E-state index contributed by atoms with van der Waals surface area (Å²) in [6, 6.07) is 0. The standard InChI is InChI=1S/C8H18O2.C5H8.C4H8O2/c1-6(2)7(10)8(3,4)5-9;1-4-5(2)3;1-2-3-4(5)6/h6-7,9-10H,5H2,1-4H3;4H,1-2H2,3H3;2-3H2,1H3,(H,5,6). The van der Waals surface area contributed by atoms with Crippen LogP contribution in [0.3, 0.4) is 0 Å². The minimum atomic E-state index is -0.711. The van der Waals surface area contributed by atoms with Gasteiger partial charge in [0.15, 0.2) is 0 Å². The van der Waals surface area contributed by atoms with E-state index in [1.54, 1.807) is 6.08 Å². The monoisotopic (exact) mass is 302 g/mol. The normalized spacial score (nSPS) is 11.5. The summed E-state index contributed by atoms with van der Waals surface area (Å²) in [4.78, 5) is 9.60. The smallest absolute Gasteiger partial charge is 0.303 e. The molecular formula is C17H34O4. The Morgan fingerprint density at radius 2 is 1.71 bits per heavy atom. The van der Waals surface area contributed by atoms with Crippen molar-refractivity contribution in [2.45, 2.75) is 60.5 Å². The fraction of sp³-hybridized carbons (Fsp3) is 0.706. The van der Waals surface area contributed by atoms with E-state index in [1.807, 2.05) is 41.5 Å². The van der Waals surface area contributed by atoms with Crippen molar-refractivity contribution in [2.24, 2.45) is 11.3 Å². The van der Waals surface area contributed by atoms with Gasteiger partial charge in [-0.05, 0) is 19.3 Å². The number of rotatable bonds is 6. The van der Waals surface area contributed by atoms with Gasteiger partial charge < -0.3 is 15.3 Å². The highest BCUT2D eigenvalue weighted by molar-refractivity contribution is 5.66. The van der Waals surface area contributed by atoms with Gasteiger partial charge in [0, 0.05) is 11.8 Å². The van der Waals surface area contributed by atoms with Gasteiger partial charge in [-0.1, -0.05) is 59.4 Å². The molecule has 3 N–H and O–H groups in total. The molecule has 1 unspecified atom stereocenters. The maximum atomic E-state index is 9.60. The van der Waals surface area contributed by atoms with Crippen LogP contribution >= 0.6 is 0 Å². The molecule has 4 nitrogen and oxygen atoms in total. The van der Waals surface area contributed by atoms with Crippen molar-refractivity contribution in [3.63, 3.8) is 0 Å². The molecule has 126 valence electrons. The highest BCUT2D eigenvalue weighted by atomic mass is 16.4. The largest absolute Gasteiger partial charge is 0.481 e. The zero-order valence-corrected chi connectivity index (χ0v) is 14.5. The summed E-state index contributed by atoms with van der Waals surface area (Å²) in [6.07, 6.45) is 2.33. The number of carboxylic acids is 1. The minimum absolute atomic E-state index is 0.0341. The zero-order valence-electron chi connectivity index (χ0n) is 14.5. The highest BCUT2D eigenvalue weighted by Crippen LogP contribution is 2.24. The lowest BCUT2D eigenvalue weighted by Crippen LogP contribution is -2.36. The van der Waals surface area contributed by atoms with Crippen molar-refractivity contribution in [1.82, 2.24) is 0 Å². The second kappa shape index (κ2) is 13.8. The predicted octanol–water partition coefficient (Wildman–Crippen LogP) is 3.64. The molecule has 4 heteroatoms. The molecule has 0 saturated carbocycles. The Morgan fingerprint density at radius 3 is 1.76 bits per heavy atom. The van der Waals surface area contributed by atoms with Crippen molar-refractivity contribution in [3.8, 4) is 0 Å². The summed E-state index contributed by atoms with van der Waals surface area (Å²) in [5.74, 6) is -0.500. The molecule has 0 rings (SSSR count). The predicted molar refractivity (Wildman–Crippen MR) is 89.3 cm³/mol. The molecule has 0 radical (unpaired) electrons. The number of allylic oxidation sites excluding steroid dienone is 2. The van der Waals surface area contributed by atoms with E-state index in [2.05, 4.69) is 13.2 Å². The van der Waals surface area contributed by atoms with Gasteiger partial charge >= 0.3 is 5.97 Å². The average molecular weight is 302 g/mol. The van der Waals surface area contributed by atoms with Gasteiger partial charge in [0.1, 0.15) is 0 Å². The van der Waals surface area contributed by atoms with Crippen LogP contribution in [0.2, 0.25) is 0 Å². The van der Waals surface area contributed by atoms with Crippen LogP contribution in [0.25, 0.3) is 0 Å². The molecule has 0 amide bonds. The third-order valence-electron chi connectivity index (χ3n) is 2.65. The van der Waals surface area contributed by atoms with Gasteiger partial charge in [-0.15, -0.1) is 0 Å². The first kappa shape index (κ1) is 24.9. The van der Waals surface area contributed by atoms with Crippen molar-refractivity contribution >= 4 is 5.97 Å². The first-order valence-corrected chi connectivity index (χ1v) is 7.24. The molecular weight excluding hydrogens is 268 g/mol. The molecule has 0 spiro atoms. The molecule has 0 bridgehead atoms. The summed E-state index contributed by atoms with van der Waals surface area (Å²) < 4.78 is 0. The van der Waals surface area contributed by atoms with E-state index in [0.717, 1.165) is 12.0 Å². The molecule has 0 aromatic carbocycles. The van der Waals surface area contributed by atoms with Gasteiger partial charge in [-0.3, -0.25) is 4.79 Å². The van der Waals surface area contributed by atoms with E-state index in [4.69, 9.17) is 10.2 Å². The van der Waals surface area contributed by atoms with Crippen LogP contribution in [-0.4, -0.2) is 34.0 Å². The SMILES string of the molecule is C=CC(=C)C.CC(C)C(O)C(C)(C)CO.CCCC(=O)O. The van der Waals surface area contributed by atoms with Crippen LogP contribution in [0.4, 0.5) is 0 Å². The summed E-state index contributed by atoms with van der Waals surface area (Å²) in [5.41, 5.74) is 0.652. The first-order chi connectivity index (χ1) is 9.45. The van der Waals surface area contributed by atoms with Crippen molar-refractivity contribution in [2.75, 3.05) is 6.61 Å². The van der Waals surface area contributed by atoms with E-state index in [0.29, 0.717) is 6.42 Å². The van der Waals surface area contributed by atoms with Gasteiger partial charge in [0.2, 0.25) is 0 Å². The van der Waals surface area contributed by atoms with E-state index in [-0.39, 0.29) is 17.9 Å². The van der Waals surface area contributed by atoms with E-state index in [1.165, 1.54) is 0 Å². The van der Waals surface area contributed by atoms with E-state index >= 15 is 0 Å². The second-order valence-electron chi connectivity index (χ2n) is 6.03. The van der Waals surface area contributed by atoms with Gasteiger partial charge in [0.25, 0.3) is 0 Å². The molecule has 0 aliphatic carbocycles. The Balaban J connectivity index is -0.000000252. The fourth-order valence-electron chi connectivity index (χ4n) is 1.21. The lowest BCUT2D eigenvalue weighted by atomic mass is 9.82. The Morgan fingerprint density at radius 1 is 1.33 bits per heavy atom. The third kappa shape index (κ3) is 18.9. The Kier molecular flexibility index (Phi) is 16.4. The van der Waals surface area contributed by atoms with Gasteiger partial charge in [-0.25, -0.2) is 0 Å². The number of hydrogen-bond donors (Lipinski definition) is 3.